The first-order valence-electron chi connectivity index (χ1n) is 10.6. The van der Waals surface area contributed by atoms with Crippen LogP contribution in [-0.2, 0) is 11.3 Å². The summed E-state index contributed by atoms with van der Waals surface area (Å²) in [5.74, 6) is 0.211. The molecule has 2 aromatic rings. The molecule has 6 heteroatoms. The lowest BCUT2D eigenvalue weighted by atomic mass is 10.1. The van der Waals surface area contributed by atoms with Crippen molar-refractivity contribution in [2.45, 2.75) is 39.3 Å². The summed E-state index contributed by atoms with van der Waals surface area (Å²) in [7, 11) is 0. The van der Waals surface area contributed by atoms with E-state index in [1.54, 1.807) is 0 Å². The number of rotatable bonds is 6. The van der Waals surface area contributed by atoms with E-state index in [9.17, 15) is 4.79 Å². The number of Topliss-reactive ketones (excluding diaryl/α,β-unsaturated/α-hetero) is 1. The number of carbonyl (C=O) groups is 1. The molecule has 156 valence electrons. The van der Waals surface area contributed by atoms with Gasteiger partial charge in [-0.05, 0) is 44.9 Å². The van der Waals surface area contributed by atoms with Crippen LogP contribution in [0.2, 0.25) is 5.02 Å². The summed E-state index contributed by atoms with van der Waals surface area (Å²) in [6.07, 6.45) is 2.52. The lowest BCUT2D eigenvalue weighted by Gasteiger charge is -2.36. The van der Waals surface area contributed by atoms with E-state index in [0.29, 0.717) is 6.54 Å². The largest absolute Gasteiger partial charge is 0.376 e. The highest BCUT2D eigenvalue weighted by molar-refractivity contribution is 6.33. The molecular weight excluding hydrogens is 386 g/mol. The van der Waals surface area contributed by atoms with Crippen molar-refractivity contribution in [2.24, 2.45) is 0 Å². The minimum absolute atomic E-state index is 0.211. The average Bonchev–Trinajstić information content (AvgIpc) is 3.33. The first kappa shape index (κ1) is 20.5. The third kappa shape index (κ3) is 4.52. The van der Waals surface area contributed by atoms with Crippen molar-refractivity contribution in [2.75, 3.05) is 44.2 Å². The molecule has 5 nitrogen and oxygen atoms in total. The molecule has 2 saturated heterocycles. The maximum Gasteiger partial charge on any atom is 0.178 e. The Labute approximate surface area is 178 Å². The van der Waals surface area contributed by atoms with E-state index in [4.69, 9.17) is 16.3 Å². The Kier molecular flexibility index (Phi) is 6.28. The average molecular weight is 416 g/mol. The van der Waals surface area contributed by atoms with E-state index >= 15 is 0 Å². The molecule has 0 aliphatic carbocycles. The number of ketones is 1. The maximum absolute atomic E-state index is 13.0. The highest BCUT2D eigenvalue weighted by Crippen LogP contribution is 2.26. The van der Waals surface area contributed by atoms with Crippen LogP contribution in [0, 0.1) is 13.8 Å². The zero-order valence-corrected chi connectivity index (χ0v) is 18.1. The monoisotopic (exact) mass is 415 g/mol. The molecule has 2 aliphatic heterocycles. The smallest absolute Gasteiger partial charge is 0.178 e. The van der Waals surface area contributed by atoms with Gasteiger partial charge in [-0.3, -0.25) is 9.69 Å². The number of benzene rings is 1. The number of anilines is 1. The molecule has 0 bridgehead atoms. The maximum atomic E-state index is 13.0. The zero-order chi connectivity index (χ0) is 20.4. The summed E-state index contributed by atoms with van der Waals surface area (Å²) in [6.45, 7) is 9.82. The summed E-state index contributed by atoms with van der Waals surface area (Å²) >= 11 is 6.33. The number of aryl methyl sites for hydroxylation is 1. The van der Waals surface area contributed by atoms with Gasteiger partial charge in [-0.2, -0.15) is 0 Å². The van der Waals surface area contributed by atoms with Crippen LogP contribution < -0.4 is 4.90 Å². The van der Waals surface area contributed by atoms with Crippen LogP contribution in [0.3, 0.4) is 0 Å². The van der Waals surface area contributed by atoms with E-state index in [1.165, 1.54) is 0 Å². The van der Waals surface area contributed by atoms with Crippen molar-refractivity contribution in [3.8, 4) is 0 Å². The normalized spacial score (nSPS) is 20.4. The van der Waals surface area contributed by atoms with Crippen molar-refractivity contribution < 1.29 is 9.53 Å². The van der Waals surface area contributed by atoms with Crippen molar-refractivity contribution >= 4 is 23.1 Å². The number of aromatic nitrogens is 1. The fraction of sp³-hybridized carbons (Fsp3) is 0.522. The fourth-order valence-electron chi connectivity index (χ4n) is 4.50. The third-order valence-electron chi connectivity index (χ3n) is 6.22. The molecule has 0 unspecified atom stereocenters. The first-order valence-corrected chi connectivity index (χ1v) is 10.9. The number of ether oxygens (including phenoxy) is 1. The molecule has 0 saturated carbocycles. The summed E-state index contributed by atoms with van der Waals surface area (Å²) < 4.78 is 8.03. The SMILES string of the molecule is Cc1cc(C(=O)CN2CCN(c3ccccc3Cl)CC2)c(C)n1C[C@H]1CCCO1. The molecule has 0 N–H and O–H groups in total. The number of piperazine rings is 1. The van der Waals surface area contributed by atoms with Crippen LogP contribution in [0.25, 0.3) is 0 Å². The van der Waals surface area contributed by atoms with Crippen molar-refractivity contribution in [3.63, 3.8) is 0 Å². The topological polar surface area (TPSA) is 37.7 Å². The van der Waals surface area contributed by atoms with E-state index in [1.807, 2.05) is 24.3 Å². The van der Waals surface area contributed by atoms with Gasteiger partial charge < -0.3 is 14.2 Å². The fourth-order valence-corrected chi connectivity index (χ4v) is 4.75. The minimum atomic E-state index is 0.211. The van der Waals surface area contributed by atoms with E-state index in [-0.39, 0.29) is 11.9 Å². The third-order valence-corrected chi connectivity index (χ3v) is 6.54. The molecule has 2 aliphatic rings. The van der Waals surface area contributed by atoms with Gasteiger partial charge in [0.05, 0.1) is 23.4 Å². The second-order valence-electron chi connectivity index (χ2n) is 8.17. The summed E-state index contributed by atoms with van der Waals surface area (Å²) in [4.78, 5) is 17.6. The molecule has 0 amide bonds. The summed E-state index contributed by atoms with van der Waals surface area (Å²) in [5, 5.41) is 0.788. The number of para-hydroxylation sites is 1. The number of carbonyl (C=O) groups excluding carboxylic acids is 1. The zero-order valence-electron chi connectivity index (χ0n) is 17.4. The molecule has 1 aromatic carbocycles. The molecule has 1 atom stereocenters. The van der Waals surface area contributed by atoms with Gasteiger partial charge in [-0.15, -0.1) is 0 Å². The van der Waals surface area contributed by atoms with Gasteiger partial charge in [0.15, 0.2) is 5.78 Å². The Balaban J connectivity index is 1.36. The van der Waals surface area contributed by atoms with Gasteiger partial charge in [0.2, 0.25) is 0 Å². The Morgan fingerprint density at radius 1 is 1.17 bits per heavy atom. The Morgan fingerprint density at radius 2 is 1.93 bits per heavy atom. The number of hydrogen-bond acceptors (Lipinski definition) is 4. The van der Waals surface area contributed by atoms with Gasteiger partial charge in [-0.25, -0.2) is 0 Å². The van der Waals surface area contributed by atoms with Crippen molar-refractivity contribution in [1.82, 2.24) is 9.47 Å². The van der Waals surface area contributed by atoms with Crippen molar-refractivity contribution in [3.05, 3.63) is 52.3 Å². The van der Waals surface area contributed by atoms with E-state index in [0.717, 1.165) is 79.8 Å². The van der Waals surface area contributed by atoms with Gasteiger partial charge in [0, 0.05) is 56.3 Å². The molecular formula is C23H30ClN3O2. The first-order chi connectivity index (χ1) is 14.0. The number of nitrogens with zero attached hydrogens (tertiary/aromatic N) is 3. The van der Waals surface area contributed by atoms with Crippen LogP contribution in [0.5, 0.6) is 0 Å². The van der Waals surface area contributed by atoms with Crippen LogP contribution in [0.15, 0.2) is 30.3 Å². The molecule has 2 fully saturated rings. The summed E-state index contributed by atoms with van der Waals surface area (Å²) in [5.41, 5.74) is 4.15. The molecule has 29 heavy (non-hydrogen) atoms. The number of halogens is 1. The molecule has 3 heterocycles. The van der Waals surface area contributed by atoms with Crippen LogP contribution in [0.1, 0.15) is 34.6 Å². The van der Waals surface area contributed by atoms with Crippen LogP contribution in [0.4, 0.5) is 5.69 Å². The summed E-state index contributed by atoms with van der Waals surface area (Å²) in [6, 6.07) is 10.0. The van der Waals surface area contributed by atoms with Crippen molar-refractivity contribution in [1.29, 1.82) is 0 Å². The second-order valence-corrected chi connectivity index (χ2v) is 8.58. The van der Waals surface area contributed by atoms with Gasteiger partial charge in [-0.1, -0.05) is 23.7 Å². The minimum Gasteiger partial charge on any atom is -0.376 e. The molecule has 4 rings (SSSR count). The predicted molar refractivity (Wildman–Crippen MR) is 117 cm³/mol. The van der Waals surface area contributed by atoms with Gasteiger partial charge in [0.1, 0.15) is 0 Å². The van der Waals surface area contributed by atoms with Crippen LogP contribution in [-0.4, -0.2) is 60.7 Å². The highest BCUT2D eigenvalue weighted by atomic mass is 35.5. The molecule has 0 radical (unpaired) electrons. The number of hydrogen-bond donors (Lipinski definition) is 0. The standard InChI is InChI=1S/C23H30ClN3O2/c1-17-14-20(18(2)27(17)15-19-6-5-13-29-19)23(28)16-25-9-11-26(12-10-25)22-8-4-3-7-21(22)24/h3-4,7-8,14,19H,5-6,9-13,15-16H2,1-2H3/t19-/m1/s1. The predicted octanol–water partition coefficient (Wildman–Crippen LogP) is 3.94. The molecule has 0 spiro atoms. The van der Waals surface area contributed by atoms with Gasteiger partial charge >= 0.3 is 0 Å². The molecule has 1 aromatic heterocycles. The second kappa shape index (κ2) is 8.90. The van der Waals surface area contributed by atoms with E-state index < -0.39 is 0 Å². The van der Waals surface area contributed by atoms with Gasteiger partial charge in [0.25, 0.3) is 0 Å². The highest BCUT2D eigenvalue weighted by Gasteiger charge is 2.24. The lowest BCUT2D eigenvalue weighted by Crippen LogP contribution is -2.48. The quantitative estimate of drug-likeness (QED) is 0.670. The Morgan fingerprint density at radius 3 is 2.62 bits per heavy atom. The Hall–Kier alpha value is -1.82. The van der Waals surface area contributed by atoms with E-state index in [2.05, 4.69) is 34.3 Å². The lowest BCUT2D eigenvalue weighted by molar-refractivity contribution is 0.0918. The Bertz CT molecular complexity index is 865. The van der Waals surface area contributed by atoms with Crippen LogP contribution >= 0.6 is 11.6 Å².